The second kappa shape index (κ2) is 6.90. The van der Waals surface area contributed by atoms with Crippen molar-refractivity contribution in [2.24, 2.45) is 4.99 Å². The first-order chi connectivity index (χ1) is 13.3. The van der Waals surface area contributed by atoms with E-state index in [9.17, 15) is 36.2 Å². The zero-order valence-corrected chi connectivity index (χ0v) is 15.4. The lowest BCUT2D eigenvalue weighted by Crippen LogP contribution is -2.26. The smallest absolute Gasteiger partial charge is 0.416 e. The number of carbonyl (C=O) groups is 1. The molecule has 0 bridgehead atoms. The monoisotopic (exact) mass is 434 g/mol. The van der Waals surface area contributed by atoms with Crippen LogP contribution < -0.4 is 5.32 Å². The molecule has 2 N–H and O–H groups in total. The largest absolute Gasteiger partial charge is 0.477 e. The zero-order valence-electron chi connectivity index (χ0n) is 14.6. The van der Waals surface area contributed by atoms with Gasteiger partial charge in [-0.25, -0.2) is 9.79 Å². The maximum Gasteiger partial charge on any atom is 0.416 e. The molecule has 0 atom stereocenters. The molecule has 154 valence electrons. The number of rotatable bonds is 3. The summed E-state index contributed by atoms with van der Waals surface area (Å²) in [7, 11) is 0. The van der Waals surface area contributed by atoms with Gasteiger partial charge in [-0.3, -0.25) is 0 Å². The van der Waals surface area contributed by atoms with Crippen LogP contribution in [0.2, 0.25) is 0 Å². The molecule has 1 aromatic carbocycles. The van der Waals surface area contributed by atoms with Crippen LogP contribution in [0.1, 0.15) is 37.5 Å². The summed E-state index contributed by atoms with van der Waals surface area (Å²) >= 11 is 0.855. The Kier molecular flexibility index (Phi) is 4.98. The quantitative estimate of drug-likeness (QED) is 0.615. The predicted molar refractivity (Wildman–Crippen MR) is 95.4 cm³/mol. The molecule has 1 aliphatic heterocycles. The Morgan fingerprint density at radius 2 is 1.69 bits per heavy atom. The van der Waals surface area contributed by atoms with E-state index >= 15 is 0 Å². The van der Waals surface area contributed by atoms with Crippen molar-refractivity contribution in [2.45, 2.75) is 25.7 Å². The van der Waals surface area contributed by atoms with Crippen LogP contribution in [0, 0.1) is 6.92 Å². The van der Waals surface area contributed by atoms with Gasteiger partial charge in [-0.2, -0.15) is 26.3 Å². The molecule has 2 aromatic rings. The Morgan fingerprint density at radius 1 is 1.14 bits per heavy atom. The van der Waals surface area contributed by atoms with E-state index in [2.05, 4.69) is 16.9 Å². The maximum absolute atomic E-state index is 13.0. The molecule has 3 rings (SSSR count). The average Bonchev–Trinajstić information content (AvgIpc) is 2.90. The van der Waals surface area contributed by atoms with Gasteiger partial charge < -0.3 is 10.4 Å². The Morgan fingerprint density at radius 3 is 2.17 bits per heavy atom. The summed E-state index contributed by atoms with van der Waals surface area (Å²) in [4.78, 5) is 15.5. The molecular weight excluding hydrogens is 422 g/mol. The van der Waals surface area contributed by atoms with Crippen LogP contribution >= 0.6 is 11.3 Å². The van der Waals surface area contributed by atoms with E-state index in [0.717, 1.165) is 11.3 Å². The van der Waals surface area contributed by atoms with Crippen molar-refractivity contribution in [1.82, 2.24) is 5.32 Å². The van der Waals surface area contributed by atoms with Crippen LogP contribution in [-0.2, 0) is 18.8 Å². The number of benzene rings is 1. The Labute approximate surface area is 164 Å². The number of hydrogen-bond donors (Lipinski definition) is 2. The molecule has 2 heterocycles. The number of fused-ring (bicyclic) bond motifs is 1. The minimum atomic E-state index is -4.95. The van der Waals surface area contributed by atoms with Crippen molar-refractivity contribution in [3.8, 4) is 0 Å². The third-order valence-corrected chi connectivity index (χ3v) is 5.35. The van der Waals surface area contributed by atoms with Crippen LogP contribution in [-0.4, -0.2) is 16.9 Å². The second-order valence-electron chi connectivity index (χ2n) is 6.29. The van der Waals surface area contributed by atoms with Crippen molar-refractivity contribution in [2.75, 3.05) is 0 Å². The molecule has 1 aliphatic rings. The lowest BCUT2D eigenvalue weighted by atomic mass is 10.0. The number of nitrogens with one attached hydrogen (secondary N) is 1. The lowest BCUT2D eigenvalue weighted by Gasteiger charge is -2.19. The summed E-state index contributed by atoms with van der Waals surface area (Å²) in [6.45, 7) is 5.32. The van der Waals surface area contributed by atoms with Gasteiger partial charge in [0.15, 0.2) is 0 Å². The van der Waals surface area contributed by atoms with Gasteiger partial charge in [-0.05, 0) is 36.2 Å². The minimum absolute atomic E-state index is 0.0291. The average molecular weight is 434 g/mol. The van der Waals surface area contributed by atoms with Crippen molar-refractivity contribution in [3.05, 3.63) is 57.5 Å². The van der Waals surface area contributed by atoms with Gasteiger partial charge >= 0.3 is 18.3 Å². The number of aromatic carboxylic acids is 1. The predicted octanol–water partition coefficient (Wildman–Crippen LogP) is 5.64. The number of carboxylic acid groups (broad SMARTS) is 1. The van der Waals surface area contributed by atoms with Crippen molar-refractivity contribution in [1.29, 1.82) is 0 Å². The zero-order chi connectivity index (χ0) is 21.7. The van der Waals surface area contributed by atoms with Gasteiger partial charge in [0.05, 0.1) is 11.1 Å². The highest BCUT2D eigenvalue weighted by molar-refractivity contribution is 7.18. The first kappa shape index (κ1) is 20.9. The van der Waals surface area contributed by atoms with Crippen molar-refractivity contribution in [3.63, 3.8) is 0 Å². The van der Waals surface area contributed by atoms with Crippen LogP contribution in [0.15, 0.2) is 29.8 Å². The summed E-state index contributed by atoms with van der Waals surface area (Å²) in [5.41, 5.74) is -1.93. The van der Waals surface area contributed by atoms with Crippen LogP contribution in [0.25, 0.3) is 5.70 Å². The van der Waals surface area contributed by atoms with E-state index in [-0.39, 0.29) is 39.5 Å². The molecule has 0 amide bonds. The lowest BCUT2D eigenvalue weighted by molar-refractivity contribution is -0.143. The Balaban J connectivity index is 2.03. The summed E-state index contributed by atoms with van der Waals surface area (Å²) in [5, 5.41) is 12.2. The number of thiophene rings is 1. The third-order valence-electron chi connectivity index (χ3n) is 4.17. The van der Waals surface area contributed by atoms with E-state index in [4.69, 9.17) is 0 Å². The van der Waals surface area contributed by atoms with Gasteiger partial charge in [0.1, 0.15) is 15.7 Å². The van der Waals surface area contributed by atoms with Crippen molar-refractivity contribution >= 4 is 33.8 Å². The van der Waals surface area contributed by atoms with Crippen molar-refractivity contribution < 1.29 is 36.2 Å². The molecule has 0 saturated heterocycles. The highest BCUT2D eigenvalue weighted by Gasteiger charge is 2.37. The molecular formula is C18H12F6N2O2S. The SMILES string of the molecule is C=C1NC(Cc2cc(C(F)(F)F)cc(C(F)(F)F)c2)=Nc2sc(C(=O)O)c(C)c21. The fourth-order valence-corrected chi connectivity index (χ4v) is 3.99. The highest BCUT2D eigenvalue weighted by Crippen LogP contribution is 2.41. The number of nitrogens with zero attached hydrogens (tertiary/aromatic N) is 1. The first-order valence-electron chi connectivity index (χ1n) is 7.96. The summed E-state index contributed by atoms with van der Waals surface area (Å²) in [6.07, 6.45) is -10.3. The number of halogens is 6. The fourth-order valence-electron chi connectivity index (χ4n) is 2.92. The normalized spacial score (nSPS) is 14.3. The second-order valence-corrected chi connectivity index (χ2v) is 7.29. The van der Waals surface area contributed by atoms with Gasteiger partial charge in [0, 0.05) is 17.7 Å². The molecule has 0 aliphatic carbocycles. The molecule has 1 aromatic heterocycles. The minimum Gasteiger partial charge on any atom is -0.477 e. The molecule has 0 saturated carbocycles. The number of aliphatic imine (C=N–C) groups is 1. The van der Waals surface area contributed by atoms with Gasteiger partial charge in [0.25, 0.3) is 0 Å². The molecule has 29 heavy (non-hydrogen) atoms. The van der Waals surface area contributed by atoms with E-state index < -0.39 is 29.4 Å². The molecule has 0 spiro atoms. The van der Waals surface area contributed by atoms with Gasteiger partial charge in [0.2, 0.25) is 0 Å². The molecule has 0 unspecified atom stereocenters. The summed E-state index contributed by atoms with van der Waals surface area (Å²) < 4.78 is 78.1. The maximum atomic E-state index is 13.0. The van der Waals surface area contributed by atoms with E-state index in [1.807, 2.05) is 0 Å². The Hall–Kier alpha value is -2.82. The number of hydrogen-bond acceptors (Lipinski definition) is 4. The molecule has 11 heteroatoms. The molecule has 0 radical (unpaired) electrons. The van der Waals surface area contributed by atoms with E-state index in [0.29, 0.717) is 23.3 Å². The van der Waals surface area contributed by atoms with E-state index in [1.165, 1.54) is 0 Å². The van der Waals surface area contributed by atoms with E-state index in [1.54, 1.807) is 6.92 Å². The van der Waals surface area contributed by atoms with Crippen LogP contribution in [0.5, 0.6) is 0 Å². The number of amidine groups is 1. The summed E-state index contributed by atoms with van der Waals surface area (Å²) in [6, 6.07) is 1.30. The third kappa shape index (κ3) is 4.14. The fraction of sp³-hybridized carbons (Fsp3) is 0.222. The van der Waals surface area contributed by atoms with Crippen LogP contribution in [0.4, 0.5) is 31.3 Å². The number of carboxylic acids is 1. The highest BCUT2D eigenvalue weighted by atomic mass is 32.1. The summed E-state index contributed by atoms with van der Waals surface area (Å²) in [5.74, 6) is -1.10. The topological polar surface area (TPSA) is 61.7 Å². The Bertz CT molecular complexity index is 1020. The molecule has 4 nitrogen and oxygen atoms in total. The molecule has 0 fully saturated rings. The number of alkyl halides is 6. The standard InChI is InChI=1S/C18H12F6N2O2S/c1-7-13-8(2)25-12(26-15(13)29-14(7)16(27)28)5-9-3-10(17(19,20)21)6-11(4-9)18(22,23)24/h3-4,6H,2,5H2,1H3,(H,25,26)(H,27,28). The van der Waals surface area contributed by atoms with Crippen LogP contribution in [0.3, 0.4) is 0 Å². The first-order valence-corrected chi connectivity index (χ1v) is 8.78. The van der Waals surface area contributed by atoms with Gasteiger partial charge in [-0.1, -0.05) is 6.58 Å². The van der Waals surface area contributed by atoms with Gasteiger partial charge in [-0.15, -0.1) is 11.3 Å².